The van der Waals surface area contributed by atoms with E-state index in [2.05, 4.69) is 15.9 Å². The van der Waals surface area contributed by atoms with E-state index in [0.717, 1.165) is 10.0 Å². The fourth-order valence-corrected chi connectivity index (χ4v) is 2.72. The maximum absolute atomic E-state index is 11.7. The van der Waals surface area contributed by atoms with Gasteiger partial charge in [0.15, 0.2) is 0 Å². The number of imide groups is 1. The molecule has 0 aromatic heterocycles. The molecule has 1 aliphatic rings. The lowest BCUT2D eigenvalue weighted by Crippen LogP contribution is -2.43. The molecule has 1 aromatic carbocycles. The molecule has 5 heteroatoms. The molecular formula is C11H10BrNO2S. The molecule has 0 unspecified atom stereocenters. The first-order chi connectivity index (χ1) is 7.61. The molecule has 1 heterocycles. The molecule has 0 N–H and O–H groups in total. The number of benzene rings is 1. The van der Waals surface area contributed by atoms with Crippen LogP contribution in [-0.4, -0.2) is 23.3 Å². The van der Waals surface area contributed by atoms with Crippen LogP contribution in [0.4, 0.5) is 5.69 Å². The van der Waals surface area contributed by atoms with Gasteiger partial charge >= 0.3 is 0 Å². The average molecular weight is 300 g/mol. The van der Waals surface area contributed by atoms with Crippen LogP contribution < -0.4 is 4.90 Å². The number of halogens is 1. The van der Waals surface area contributed by atoms with Gasteiger partial charge in [-0.3, -0.25) is 9.59 Å². The molecule has 1 aromatic rings. The summed E-state index contributed by atoms with van der Waals surface area (Å²) in [6.45, 7) is 1.93. The smallest absolute Gasteiger partial charge is 0.243 e. The van der Waals surface area contributed by atoms with Crippen molar-refractivity contribution in [1.82, 2.24) is 0 Å². The first-order valence-electron chi connectivity index (χ1n) is 4.80. The molecule has 0 spiro atoms. The minimum atomic E-state index is -0.146. The van der Waals surface area contributed by atoms with Crippen molar-refractivity contribution in [1.29, 1.82) is 0 Å². The second-order valence-electron chi connectivity index (χ2n) is 3.52. The number of aryl methyl sites for hydroxylation is 1. The fourth-order valence-electron chi connectivity index (χ4n) is 1.57. The normalized spacial score (nSPS) is 16.8. The summed E-state index contributed by atoms with van der Waals surface area (Å²) in [5.41, 5.74) is 1.66. The minimum Gasteiger partial charge on any atom is -0.273 e. The standard InChI is InChI=1S/C11H10BrNO2S/c1-7-3-2-4-8(11(7)12)13-9(14)5-16-6-10(13)15/h2-4H,5-6H2,1H3. The van der Waals surface area contributed by atoms with Gasteiger partial charge in [-0.05, 0) is 34.5 Å². The summed E-state index contributed by atoms with van der Waals surface area (Å²) in [7, 11) is 0. The number of amides is 2. The van der Waals surface area contributed by atoms with Crippen molar-refractivity contribution in [2.75, 3.05) is 16.4 Å². The first-order valence-corrected chi connectivity index (χ1v) is 6.74. The zero-order chi connectivity index (χ0) is 11.7. The lowest BCUT2D eigenvalue weighted by molar-refractivity contribution is -0.124. The molecule has 2 rings (SSSR count). The Morgan fingerprint density at radius 2 is 1.88 bits per heavy atom. The predicted octanol–water partition coefficient (Wildman–Crippen LogP) is 2.36. The van der Waals surface area contributed by atoms with E-state index in [1.165, 1.54) is 16.7 Å². The molecule has 1 fully saturated rings. The van der Waals surface area contributed by atoms with Crippen LogP contribution in [0.1, 0.15) is 5.56 Å². The van der Waals surface area contributed by atoms with Crippen LogP contribution in [0.5, 0.6) is 0 Å². The van der Waals surface area contributed by atoms with Gasteiger partial charge in [0.25, 0.3) is 0 Å². The van der Waals surface area contributed by atoms with Crippen LogP contribution in [0, 0.1) is 6.92 Å². The van der Waals surface area contributed by atoms with E-state index in [1.54, 1.807) is 6.07 Å². The highest BCUT2D eigenvalue weighted by Crippen LogP contribution is 2.31. The number of thioether (sulfide) groups is 1. The van der Waals surface area contributed by atoms with Gasteiger partial charge in [-0.1, -0.05) is 12.1 Å². The molecule has 0 bridgehead atoms. The van der Waals surface area contributed by atoms with Gasteiger partial charge in [-0.25, -0.2) is 4.90 Å². The van der Waals surface area contributed by atoms with E-state index in [-0.39, 0.29) is 11.8 Å². The SMILES string of the molecule is Cc1cccc(N2C(=O)CSCC2=O)c1Br. The minimum absolute atomic E-state index is 0.146. The van der Waals surface area contributed by atoms with E-state index in [4.69, 9.17) is 0 Å². The molecule has 84 valence electrons. The van der Waals surface area contributed by atoms with Gasteiger partial charge < -0.3 is 0 Å². The summed E-state index contributed by atoms with van der Waals surface area (Å²) in [5, 5.41) is 0. The summed E-state index contributed by atoms with van der Waals surface area (Å²) in [5.74, 6) is 0.443. The third kappa shape index (κ3) is 2.01. The number of hydrogen-bond acceptors (Lipinski definition) is 3. The maximum atomic E-state index is 11.7. The van der Waals surface area contributed by atoms with Gasteiger partial charge in [0, 0.05) is 4.47 Å². The Bertz CT molecular complexity index is 445. The van der Waals surface area contributed by atoms with Gasteiger partial charge in [0.2, 0.25) is 11.8 Å². The van der Waals surface area contributed by atoms with E-state index >= 15 is 0 Å². The molecule has 16 heavy (non-hydrogen) atoms. The Hall–Kier alpha value is -0.810. The Morgan fingerprint density at radius 1 is 1.25 bits per heavy atom. The molecule has 0 aliphatic carbocycles. The number of anilines is 1. The highest BCUT2D eigenvalue weighted by molar-refractivity contribution is 9.10. The highest BCUT2D eigenvalue weighted by Gasteiger charge is 2.29. The number of rotatable bonds is 1. The lowest BCUT2D eigenvalue weighted by atomic mass is 10.2. The van der Waals surface area contributed by atoms with E-state index in [0.29, 0.717) is 17.2 Å². The summed E-state index contributed by atoms with van der Waals surface area (Å²) in [6, 6.07) is 5.56. The van der Waals surface area contributed by atoms with Crippen LogP contribution in [0.2, 0.25) is 0 Å². The highest BCUT2D eigenvalue weighted by atomic mass is 79.9. The van der Waals surface area contributed by atoms with Crippen LogP contribution in [0.15, 0.2) is 22.7 Å². The maximum Gasteiger partial charge on any atom is 0.243 e. The van der Waals surface area contributed by atoms with Gasteiger partial charge in [0.05, 0.1) is 17.2 Å². The molecule has 1 saturated heterocycles. The monoisotopic (exact) mass is 299 g/mol. The summed E-state index contributed by atoms with van der Waals surface area (Å²) in [6.07, 6.45) is 0. The number of nitrogens with zero attached hydrogens (tertiary/aromatic N) is 1. The second-order valence-corrected chi connectivity index (χ2v) is 5.30. The van der Waals surface area contributed by atoms with Crippen molar-refractivity contribution in [3.8, 4) is 0 Å². The number of carbonyl (C=O) groups is 2. The van der Waals surface area contributed by atoms with Gasteiger partial charge in [0.1, 0.15) is 0 Å². The fraction of sp³-hybridized carbons (Fsp3) is 0.273. The van der Waals surface area contributed by atoms with Crippen LogP contribution in [0.25, 0.3) is 0 Å². The Labute approximate surface area is 106 Å². The van der Waals surface area contributed by atoms with E-state index in [9.17, 15) is 9.59 Å². The quantitative estimate of drug-likeness (QED) is 0.747. The average Bonchev–Trinajstić information content (AvgIpc) is 2.24. The summed E-state index contributed by atoms with van der Waals surface area (Å²) in [4.78, 5) is 24.7. The zero-order valence-electron chi connectivity index (χ0n) is 8.70. The molecule has 2 amide bonds. The lowest BCUT2D eigenvalue weighted by Gasteiger charge is -2.25. The topological polar surface area (TPSA) is 37.4 Å². The third-order valence-electron chi connectivity index (χ3n) is 2.36. The van der Waals surface area contributed by atoms with Crippen LogP contribution in [0.3, 0.4) is 0 Å². The molecule has 3 nitrogen and oxygen atoms in total. The van der Waals surface area contributed by atoms with Crippen LogP contribution in [-0.2, 0) is 9.59 Å². The zero-order valence-corrected chi connectivity index (χ0v) is 11.1. The third-order valence-corrected chi connectivity index (χ3v) is 4.30. The van der Waals surface area contributed by atoms with Crippen molar-refractivity contribution in [2.45, 2.75) is 6.92 Å². The van der Waals surface area contributed by atoms with E-state index in [1.807, 2.05) is 19.1 Å². The molecule has 1 aliphatic heterocycles. The largest absolute Gasteiger partial charge is 0.273 e. The van der Waals surface area contributed by atoms with Crippen molar-refractivity contribution in [3.63, 3.8) is 0 Å². The van der Waals surface area contributed by atoms with Crippen molar-refractivity contribution >= 4 is 45.2 Å². The number of carbonyl (C=O) groups excluding carboxylic acids is 2. The summed E-state index contributed by atoms with van der Waals surface area (Å²) < 4.78 is 0.809. The molecule has 0 atom stereocenters. The number of hydrogen-bond donors (Lipinski definition) is 0. The van der Waals surface area contributed by atoms with Crippen molar-refractivity contribution in [2.24, 2.45) is 0 Å². The molecule has 0 saturated carbocycles. The molecule has 0 radical (unpaired) electrons. The second kappa shape index (κ2) is 4.59. The van der Waals surface area contributed by atoms with Crippen molar-refractivity contribution in [3.05, 3.63) is 28.2 Å². The molecular weight excluding hydrogens is 290 g/mol. The van der Waals surface area contributed by atoms with Crippen LogP contribution >= 0.6 is 27.7 Å². The Morgan fingerprint density at radius 3 is 2.50 bits per heavy atom. The predicted molar refractivity (Wildman–Crippen MR) is 68.7 cm³/mol. The van der Waals surface area contributed by atoms with E-state index < -0.39 is 0 Å². The van der Waals surface area contributed by atoms with Gasteiger partial charge in [-0.15, -0.1) is 11.8 Å². The van der Waals surface area contributed by atoms with Gasteiger partial charge in [-0.2, -0.15) is 0 Å². The van der Waals surface area contributed by atoms with Crippen molar-refractivity contribution < 1.29 is 9.59 Å². The summed E-state index contributed by atoms with van der Waals surface area (Å²) >= 11 is 4.78. The Kier molecular flexibility index (Phi) is 3.35. The first kappa shape index (κ1) is 11.7. The Balaban J connectivity index is 2.46.